The normalized spacial score (nSPS) is 11.6. The summed E-state index contributed by atoms with van der Waals surface area (Å²) in [5.74, 6) is 0.374. The zero-order chi connectivity index (χ0) is 34.8. The molecule has 0 saturated heterocycles. The van der Waals surface area contributed by atoms with Crippen LogP contribution < -0.4 is 30.2 Å². The van der Waals surface area contributed by atoms with Crippen molar-refractivity contribution in [3.8, 4) is 28.5 Å². The van der Waals surface area contributed by atoms with Crippen LogP contribution >= 0.6 is 23.1 Å². The van der Waals surface area contributed by atoms with Crippen LogP contribution in [0.4, 0.5) is 10.8 Å². The molecule has 0 radical (unpaired) electrons. The maximum Gasteiger partial charge on any atom is 0.272 e. The Kier molecular flexibility index (Phi) is 11.7. The van der Waals surface area contributed by atoms with Crippen molar-refractivity contribution in [1.29, 1.82) is 0 Å². The van der Waals surface area contributed by atoms with E-state index in [0.29, 0.717) is 33.4 Å². The molecule has 0 aliphatic heterocycles. The van der Waals surface area contributed by atoms with E-state index in [-0.39, 0.29) is 11.6 Å². The molecule has 1 heterocycles. The van der Waals surface area contributed by atoms with Crippen molar-refractivity contribution in [3.05, 3.63) is 119 Å². The van der Waals surface area contributed by atoms with E-state index in [2.05, 4.69) is 20.9 Å². The predicted octanol–water partition coefficient (Wildman–Crippen LogP) is 7.36. The minimum Gasteiger partial charge on any atom is -0.497 e. The van der Waals surface area contributed by atoms with Gasteiger partial charge in [-0.1, -0.05) is 48.5 Å². The third kappa shape index (κ3) is 9.06. The van der Waals surface area contributed by atoms with Gasteiger partial charge in [-0.15, -0.1) is 23.1 Å². The number of hydrogen-bond acceptors (Lipinski definition) is 9. The zero-order valence-corrected chi connectivity index (χ0v) is 28.8. The number of thioether (sulfide) groups is 1. The first-order valence-corrected chi connectivity index (χ1v) is 16.8. The van der Waals surface area contributed by atoms with E-state index in [1.54, 1.807) is 80.8 Å². The zero-order valence-electron chi connectivity index (χ0n) is 27.2. The molecule has 0 saturated carbocycles. The Hall–Kier alpha value is -5.59. The molecule has 3 amide bonds. The van der Waals surface area contributed by atoms with Gasteiger partial charge in [0.05, 0.1) is 32.3 Å². The summed E-state index contributed by atoms with van der Waals surface area (Å²) in [6, 6.07) is 28.5. The van der Waals surface area contributed by atoms with E-state index in [0.717, 1.165) is 21.9 Å². The second-order valence-corrected chi connectivity index (χ2v) is 12.7. The maximum absolute atomic E-state index is 13.7. The Morgan fingerprint density at radius 1 is 0.837 bits per heavy atom. The van der Waals surface area contributed by atoms with Crippen molar-refractivity contribution in [2.45, 2.75) is 17.1 Å². The Bertz CT molecular complexity index is 1980. The first-order chi connectivity index (χ1) is 23.8. The van der Waals surface area contributed by atoms with Crippen LogP contribution in [0.15, 0.2) is 113 Å². The number of hydrogen-bond donors (Lipinski definition) is 3. The van der Waals surface area contributed by atoms with E-state index in [4.69, 9.17) is 14.2 Å². The summed E-state index contributed by atoms with van der Waals surface area (Å²) in [6.07, 6.45) is 1.53. The van der Waals surface area contributed by atoms with Gasteiger partial charge in [-0.2, -0.15) is 0 Å². The third-order valence-electron chi connectivity index (χ3n) is 7.14. The number of methoxy groups -OCH3 is 3. The molecule has 10 nitrogen and oxygen atoms in total. The lowest BCUT2D eigenvalue weighted by Crippen LogP contribution is -2.30. The van der Waals surface area contributed by atoms with E-state index >= 15 is 0 Å². The summed E-state index contributed by atoms with van der Waals surface area (Å²) >= 11 is 2.67. The first-order valence-electron chi connectivity index (χ1n) is 15.1. The molecule has 4 aromatic carbocycles. The molecule has 0 aliphatic rings. The molecule has 5 aromatic rings. The van der Waals surface area contributed by atoms with Crippen LogP contribution in [-0.4, -0.2) is 49.3 Å². The van der Waals surface area contributed by atoms with Crippen LogP contribution in [0.2, 0.25) is 0 Å². The number of anilines is 2. The average molecular weight is 695 g/mol. The lowest BCUT2D eigenvalue weighted by Gasteiger charge is -2.15. The van der Waals surface area contributed by atoms with E-state index < -0.39 is 17.1 Å². The highest BCUT2D eigenvalue weighted by Gasteiger charge is 2.19. The number of ether oxygens (including phenoxy) is 3. The molecule has 1 unspecified atom stereocenters. The number of para-hydroxylation sites is 1. The molecular formula is C37H34N4O6S2. The first kappa shape index (κ1) is 34.7. The summed E-state index contributed by atoms with van der Waals surface area (Å²) in [5, 5.41) is 10.4. The third-order valence-corrected chi connectivity index (χ3v) is 8.99. The Morgan fingerprint density at radius 2 is 1.61 bits per heavy atom. The smallest absolute Gasteiger partial charge is 0.272 e. The lowest BCUT2D eigenvalue weighted by atomic mass is 10.1. The van der Waals surface area contributed by atoms with Gasteiger partial charge in [0.25, 0.3) is 11.8 Å². The number of carbonyl (C=O) groups excluding carboxylic acids is 3. The summed E-state index contributed by atoms with van der Waals surface area (Å²) < 4.78 is 16.2. The number of rotatable bonds is 13. The molecule has 3 N–H and O–H groups in total. The van der Waals surface area contributed by atoms with Gasteiger partial charge in [0.15, 0.2) is 16.6 Å². The number of aromatic nitrogens is 1. The molecule has 0 bridgehead atoms. The highest BCUT2D eigenvalue weighted by Crippen LogP contribution is 2.33. The van der Waals surface area contributed by atoms with Gasteiger partial charge in [0, 0.05) is 32.7 Å². The maximum atomic E-state index is 13.7. The van der Waals surface area contributed by atoms with Crippen molar-refractivity contribution in [3.63, 3.8) is 0 Å². The molecular weight excluding hydrogens is 661 g/mol. The second kappa shape index (κ2) is 16.5. The van der Waals surface area contributed by atoms with Crippen LogP contribution in [0.5, 0.6) is 17.2 Å². The SMILES string of the molecule is COc1cccc(-c2csc(NC(=O)C(C)Sc3cccc(NC(=O)/C(=C\c4cccc(OC)c4OC)NC(=O)c4ccccc4)c3)n2)c1. The van der Waals surface area contributed by atoms with Crippen molar-refractivity contribution in [2.24, 2.45) is 0 Å². The fourth-order valence-corrected chi connectivity index (χ4v) is 6.33. The molecule has 12 heteroatoms. The van der Waals surface area contributed by atoms with Gasteiger partial charge >= 0.3 is 0 Å². The Morgan fingerprint density at radius 3 is 2.37 bits per heavy atom. The highest BCUT2D eigenvalue weighted by molar-refractivity contribution is 8.00. The van der Waals surface area contributed by atoms with Gasteiger partial charge in [-0.05, 0) is 61.5 Å². The van der Waals surface area contributed by atoms with Crippen molar-refractivity contribution in [2.75, 3.05) is 32.0 Å². The molecule has 0 spiro atoms. The Balaban J connectivity index is 1.29. The van der Waals surface area contributed by atoms with Crippen LogP contribution in [0.3, 0.4) is 0 Å². The van der Waals surface area contributed by atoms with Crippen molar-refractivity contribution < 1.29 is 28.6 Å². The standard InChI is InChI=1S/C37H34N4O6S2/c1-23(34(42)41-37-40-31(22-48-37)25-13-8-16-28(19-25)45-2)49-29-17-10-15-27(21-29)38-36(44)30(39-35(43)24-11-6-5-7-12-24)20-26-14-9-18-32(46-3)33(26)47-4/h5-23H,1-4H3,(H,38,44)(H,39,43)(H,40,41,42)/b30-20+. The summed E-state index contributed by atoms with van der Waals surface area (Å²) in [4.78, 5) is 45.2. The number of nitrogens with one attached hydrogen (secondary N) is 3. The molecule has 250 valence electrons. The number of benzene rings is 4. The number of thiazole rings is 1. The van der Waals surface area contributed by atoms with Gasteiger partial charge in [-0.25, -0.2) is 4.98 Å². The number of carbonyl (C=O) groups is 3. The van der Waals surface area contributed by atoms with E-state index in [1.165, 1.54) is 43.4 Å². The van der Waals surface area contributed by atoms with E-state index in [1.807, 2.05) is 35.7 Å². The second-order valence-electron chi connectivity index (χ2n) is 10.5. The topological polar surface area (TPSA) is 128 Å². The van der Waals surface area contributed by atoms with Crippen molar-refractivity contribution in [1.82, 2.24) is 10.3 Å². The molecule has 1 atom stereocenters. The highest BCUT2D eigenvalue weighted by atomic mass is 32.2. The van der Waals surface area contributed by atoms with Crippen molar-refractivity contribution >= 4 is 57.7 Å². The summed E-state index contributed by atoms with van der Waals surface area (Å²) in [5.41, 5.74) is 3.00. The average Bonchev–Trinajstić information content (AvgIpc) is 3.60. The largest absolute Gasteiger partial charge is 0.497 e. The molecule has 0 fully saturated rings. The summed E-state index contributed by atoms with van der Waals surface area (Å²) in [6.45, 7) is 1.79. The van der Waals surface area contributed by atoms with Gasteiger partial charge < -0.3 is 30.2 Å². The van der Waals surface area contributed by atoms with Crippen LogP contribution in [0.1, 0.15) is 22.8 Å². The lowest BCUT2D eigenvalue weighted by molar-refractivity contribution is -0.115. The fourth-order valence-electron chi connectivity index (χ4n) is 4.68. The summed E-state index contributed by atoms with van der Waals surface area (Å²) in [7, 11) is 4.62. The minimum absolute atomic E-state index is 0.0111. The van der Waals surface area contributed by atoms with Crippen LogP contribution in [0.25, 0.3) is 17.3 Å². The number of amides is 3. The quantitative estimate of drug-likeness (QED) is 0.0862. The van der Waals surface area contributed by atoms with Crippen LogP contribution in [-0.2, 0) is 9.59 Å². The molecule has 0 aliphatic carbocycles. The molecule has 1 aromatic heterocycles. The van der Waals surface area contributed by atoms with Gasteiger partial charge in [-0.3, -0.25) is 14.4 Å². The van der Waals surface area contributed by atoms with E-state index in [9.17, 15) is 14.4 Å². The van der Waals surface area contributed by atoms with Crippen LogP contribution in [0, 0.1) is 0 Å². The molecule has 49 heavy (non-hydrogen) atoms. The Labute approximate surface area is 292 Å². The molecule has 5 rings (SSSR count). The predicted molar refractivity (Wildman–Crippen MR) is 195 cm³/mol. The fraction of sp³-hybridized carbons (Fsp3) is 0.135. The minimum atomic E-state index is -0.558. The monoisotopic (exact) mass is 694 g/mol. The van der Waals surface area contributed by atoms with Gasteiger partial charge in [0.1, 0.15) is 11.4 Å². The van der Waals surface area contributed by atoms with Gasteiger partial charge in [0.2, 0.25) is 5.91 Å². The number of nitrogens with zero attached hydrogens (tertiary/aromatic N) is 1.